The molecular formula is C48H36Cl4O10S2W-6. The van der Waals surface area contributed by atoms with Gasteiger partial charge < -0.3 is 49.6 Å². The Hall–Kier alpha value is -4.65. The minimum atomic E-state index is -0.555. The van der Waals surface area contributed by atoms with Gasteiger partial charge in [-0.3, -0.25) is 0 Å². The first kappa shape index (κ1) is 49.8. The topological polar surface area (TPSA) is 175 Å². The molecule has 0 fully saturated rings. The Morgan fingerprint density at radius 3 is 0.892 bits per heavy atom. The summed E-state index contributed by atoms with van der Waals surface area (Å²) < 4.78 is 22.3. The summed E-state index contributed by atoms with van der Waals surface area (Å²) in [4.78, 5) is 1.25. The predicted molar refractivity (Wildman–Crippen MR) is 242 cm³/mol. The standard InChI is InChI=1S/C28H24O4.C18H14O6S2.2CH2Cl2.W/c29-25-17-5-1-6-18(25)14-20-8-3-10-22(27(20)31)16-24-12-4-11-23(28(24)32)15-21-9-2-7-19(13-17)26(21)30;19-13-9(17-15-11(7-25-17)21-3-5-23-15)1-2-10(14(13)20)18-16-12(8-26-18)22-4-6-24-16;2*2-1-3;/h1-12,29-32H,13-16H2;1-2,7-8,19-20H,3-6H2;2*1H2;/p-6. The van der Waals surface area contributed by atoms with Crippen molar-refractivity contribution in [1.29, 1.82) is 0 Å². The second kappa shape index (κ2) is 23.2. The van der Waals surface area contributed by atoms with E-state index in [0.29, 0.717) is 115 Å². The summed E-state index contributed by atoms with van der Waals surface area (Å²) in [7, 11) is 0. The van der Waals surface area contributed by atoms with Crippen molar-refractivity contribution in [3.05, 3.63) is 140 Å². The molecule has 7 aromatic rings. The number of hydrogen-bond donors (Lipinski definition) is 0. The SMILES string of the molecule is ClCCl.ClCCl.[O-]c1c(-c2scc3c2OCCO3)ccc(-c2scc3c2OCCO3)c1[O-].[O-]c1c2cccc1Cc1cccc(c1[O-])Cc1cccc(c1[O-])Cc1cccc(c1[O-])C2.[W]. The molecule has 0 radical (unpaired) electrons. The van der Waals surface area contributed by atoms with Crippen LogP contribution < -0.4 is 49.6 Å². The van der Waals surface area contributed by atoms with Crippen LogP contribution >= 0.6 is 69.1 Å². The third kappa shape index (κ3) is 11.1. The summed E-state index contributed by atoms with van der Waals surface area (Å²) in [6.45, 7) is 1.80. The Morgan fingerprint density at radius 1 is 0.385 bits per heavy atom. The fraction of sp³-hybridized carbons (Fsp3) is 0.208. The molecule has 0 atom stereocenters. The Balaban J connectivity index is 0.000000192. The van der Waals surface area contributed by atoms with E-state index >= 15 is 0 Å². The number of para-hydroxylation sites is 4. The third-order valence-electron chi connectivity index (χ3n) is 10.4. The van der Waals surface area contributed by atoms with Gasteiger partial charge in [-0.05, 0) is 36.8 Å². The molecule has 10 rings (SSSR count). The van der Waals surface area contributed by atoms with Gasteiger partial charge in [0.05, 0.1) is 20.4 Å². The van der Waals surface area contributed by atoms with Gasteiger partial charge in [-0.25, -0.2) is 0 Å². The van der Waals surface area contributed by atoms with E-state index in [9.17, 15) is 30.6 Å². The minimum Gasteiger partial charge on any atom is -0.872 e. The van der Waals surface area contributed by atoms with E-state index in [1.54, 1.807) is 95.7 Å². The fourth-order valence-electron chi connectivity index (χ4n) is 7.50. The largest absolute Gasteiger partial charge is 0.872 e. The van der Waals surface area contributed by atoms with Crippen LogP contribution in [-0.4, -0.2) is 37.1 Å². The summed E-state index contributed by atoms with van der Waals surface area (Å²) in [6, 6.07) is 24.4. The van der Waals surface area contributed by atoms with Gasteiger partial charge in [0, 0.05) is 31.8 Å². The number of alkyl halides is 4. The van der Waals surface area contributed by atoms with Crippen LogP contribution in [0.3, 0.4) is 0 Å². The molecular weight excluding hydrogens is 1130 g/mol. The van der Waals surface area contributed by atoms with Gasteiger partial charge in [-0.1, -0.05) is 129 Å². The van der Waals surface area contributed by atoms with Crippen LogP contribution in [-0.2, 0) is 46.7 Å². The molecule has 2 aliphatic heterocycles. The molecule has 8 bridgehead atoms. The molecule has 65 heavy (non-hydrogen) atoms. The van der Waals surface area contributed by atoms with Crippen LogP contribution in [0.25, 0.3) is 20.9 Å². The zero-order valence-corrected chi connectivity index (χ0v) is 41.7. The molecule has 3 aliphatic rings. The maximum atomic E-state index is 13.1. The van der Waals surface area contributed by atoms with Gasteiger partial charge in [0.2, 0.25) is 0 Å². The number of ether oxygens (including phenoxy) is 4. The molecule has 10 nitrogen and oxygen atoms in total. The Labute approximate surface area is 418 Å². The predicted octanol–water partition coefficient (Wildman–Crippen LogP) is 8.33. The van der Waals surface area contributed by atoms with Crippen molar-refractivity contribution in [3.8, 4) is 78.4 Å². The third-order valence-corrected chi connectivity index (χ3v) is 12.4. The van der Waals surface area contributed by atoms with E-state index in [-0.39, 0.29) is 80.4 Å². The number of rotatable bonds is 2. The summed E-state index contributed by atoms with van der Waals surface area (Å²) in [5, 5.41) is 81.9. The van der Waals surface area contributed by atoms with Gasteiger partial charge in [0.25, 0.3) is 0 Å². The molecule has 0 spiro atoms. The van der Waals surface area contributed by atoms with Crippen molar-refractivity contribution >= 4 is 69.1 Å². The monoisotopic (exact) mass is 1160 g/mol. The fourth-order valence-corrected chi connectivity index (χ4v) is 9.41. The Bertz CT molecular complexity index is 2380. The first-order valence-corrected chi connectivity index (χ1v) is 23.6. The van der Waals surface area contributed by atoms with Crippen LogP contribution in [0, 0.1) is 0 Å². The van der Waals surface area contributed by atoms with Crippen molar-refractivity contribution in [1.82, 2.24) is 0 Å². The van der Waals surface area contributed by atoms with E-state index < -0.39 is 11.5 Å². The number of thiophene rings is 2. The molecule has 0 N–H and O–H groups in total. The number of fused-ring (bicyclic) bond motifs is 10. The van der Waals surface area contributed by atoms with E-state index in [4.69, 9.17) is 65.4 Å². The molecule has 0 saturated carbocycles. The molecule has 4 heterocycles. The smallest absolute Gasteiger partial charge is 0.179 e. The van der Waals surface area contributed by atoms with Crippen LogP contribution in [0.5, 0.6) is 57.5 Å². The number of benzene rings is 5. The zero-order chi connectivity index (χ0) is 45.3. The number of hydrogen-bond acceptors (Lipinski definition) is 12. The van der Waals surface area contributed by atoms with Crippen LogP contribution in [0.1, 0.15) is 44.5 Å². The van der Waals surface area contributed by atoms with Crippen molar-refractivity contribution in [2.45, 2.75) is 25.7 Å². The molecule has 5 aromatic carbocycles. The van der Waals surface area contributed by atoms with Gasteiger partial charge in [-0.2, -0.15) is 0 Å². The molecule has 0 unspecified atom stereocenters. The second-order valence-corrected chi connectivity index (χ2v) is 17.6. The first-order chi connectivity index (χ1) is 31.1. The Kier molecular flexibility index (Phi) is 17.8. The van der Waals surface area contributed by atoms with E-state index in [1.807, 2.05) is 0 Å². The molecule has 340 valence electrons. The van der Waals surface area contributed by atoms with E-state index in [2.05, 4.69) is 0 Å². The molecule has 17 heteroatoms. The van der Waals surface area contributed by atoms with Crippen LogP contribution in [0.4, 0.5) is 0 Å². The summed E-state index contributed by atoms with van der Waals surface area (Å²) in [5.41, 5.74) is 4.88. The van der Waals surface area contributed by atoms with Crippen molar-refractivity contribution < 1.29 is 70.7 Å². The Morgan fingerprint density at radius 2 is 0.631 bits per heavy atom. The minimum absolute atomic E-state index is 0. The first-order valence-electron chi connectivity index (χ1n) is 19.7. The zero-order valence-electron chi connectivity index (χ0n) is 34.1. The van der Waals surface area contributed by atoms with Crippen LogP contribution in [0.2, 0.25) is 0 Å². The summed E-state index contributed by atoms with van der Waals surface area (Å²) in [5.74, 6) is 0.645. The van der Waals surface area contributed by atoms with Gasteiger partial charge in [-0.15, -0.1) is 104 Å². The van der Waals surface area contributed by atoms with Crippen LogP contribution in [0.15, 0.2) is 95.7 Å². The molecule has 0 saturated heterocycles. The molecule has 1 aliphatic carbocycles. The normalized spacial score (nSPS) is 13.0. The average molecular weight is 1160 g/mol. The molecule has 2 aromatic heterocycles. The maximum Gasteiger partial charge on any atom is 0.179 e. The maximum absolute atomic E-state index is 13.1. The van der Waals surface area contributed by atoms with Gasteiger partial charge in [0.1, 0.15) is 26.4 Å². The summed E-state index contributed by atoms with van der Waals surface area (Å²) in [6.07, 6.45) is 0.865. The van der Waals surface area contributed by atoms with E-state index in [0.717, 1.165) is 0 Å². The van der Waals surface area contributed by atoms with Crippen molar-refractivity contribution in [3.63, 3.8) is 0 Å². The number of halogens is 4. The van der Waals surface area contributed by atoms with Crippen molar-refractivity contribution in [2.24, 2.45) is 0 Å². The van der Waals surface area contributed by atoms with E-state index in [1.165, 1.54) is 22.7 Å². The average Bonchev–Trinajstić information content (AvgIpc) is 3.93. The second-order valence-electron chi connectivity index (χ2n) is 14.3. The van der Waals surface area contributed by atoms with Gasteiger partial charge in [0.15, 0.2) is 23.0 Å². The summed E-state index contributed by atoms with van der Waals surface area (Å²) >= 11 is 21.7. The van der Waals surface area contributed by atoms with Crippen molar-refractivity contribution in [2.75, 3.05) is 37.1 Å². The van der Waals surface area contributed by atoms with Gasteiger partial charge >= 0.3 is 0 Å². The quantitative estimate of drug-likeness (QED) is 0.153. The molecule has 0 amide bonds.